The molecule has 0 aromatic rings. The Kier molecular flexibility index (Phi) is 4.18. The fourth-order valence-corrected chi connectivity index (χ4v) is 1.57. The van der Waals surface area contributed by atoms with Gasteiger partial charge in [0.05, 0.1) is 12.7 Å². The lowest BCUT2D eigenvalue weighted by Gasteiger charge is -2.15. The van der Waals surface area contributed by atoms with Crippen LogP contribution >= 0.6 is 0 Å². The van der Waals surface area contributed by atoms with Crippen molar-refractivity contribution in [1.82, 2.24) is 5.32 Å². The summed E-state index contributed by atoms with van der Waals surface area (Å²) in [6, 6.07) is -0.569. The molecule has 76 valence electrons. The van der Waals surface area contributed by atoms with Crippen LogP contribution in [0.4, 0.5) is 0 Å². The van der Waals surface area contributed by atoms with E-state index in [1.807, 2.05) is 0 Å². The number of rotatable bonds is 5. The zero-order valence-electron chi connectivity index (χ0n) is 7.95. The summed E-state index contributed by atoms with van der Waals surface area (Å²) in [4.78, 5) is 10.6. The number of hydrogen-bond donors (Lipinski definition) is 2. The molecule has 0 spiro atoms. The van der Waals surface area contributed by atoms with Crippen LogP contribution in [0, 0.1) is 0 Å². The van der Waals surface area contributed by atoms with Gasteiger partial charge in [-0.15, -0.1) is 0 Å². The molecule has 0 bridgehead atoms. The molecule has 1 atom stereocenters. The molecule has 1 fully saturated rings. The van der Waals surface area contributed by atoms with E-state index in [1.54, 1.807) is 7.05 Å². The maximum absolute atomic E-state index is 10.6. The van der Waals surface area contributed by atoms with Gasteiger partial charge in [-0.1, -0.05) is 12.8 Å². The minimum absolute atomic E-state index is 0.274. The van der Waals surface area contributed by atoms with E-state index in [9.17, 15) is 4.79 Å². The highest BCUT2D eigenvalue weighted by atomic mass is 16.5. The van der Waals surface area contributed by atoms with Crippen LogP contribution in [0.2, 0.25) is 0 Å². The van der Waals surface area contributed by atoms with Crippen molar-refractivity contribution in [3.05, 3.63) is 0 Å². The molecular formula is C9H17NO3. The van der Waals surface area contributed by atoms with Crippen LogP contribution < -0.4 is 5.32 Å². The number of likely N-dealkylation sites (N-methyl/N-ethyl adjacent to an activating group) is 1. The molecule has 1 saturated carbocycles. The quantitative estimate of drug-likeness (QED) is 0.662. The molecular weight excluding hydrogens is 170 g/mol. The number of carbonyl (C=O) groups is 1. The molecule has 0 heterocycles. The van der Waals surface area contributed by atoms with E-state index in [0.29, 0.717) is 0 Å². The van der Waals surface area contributed by atoms with E-state index in [1.165, 1.54) is 12.8 Å². The van der Waals surface area contributed by atoms with Crippen LogP contribution in [0.3, 0.4) is 0 Å². The van der Waals surface area contributed by atoms with Crippen LogP contribution in [0.1, 0.15) is 25.7 Å². The molecule has 0 aromatic carbocycles. The molecule has 1 aliphatic carbocycles. The van der Waals surface area contributed by atoms with Crippen molar-refractivity contribution in [1.29, 1.82) is 0 Å². The standard InChI is InChI=1S/C9H17NO3/c1-10-8(9(11)12)6-13-7-4-2-3-5-7/h7-8,10H,2-6H2,1H3,(H,11,12). The molecule has 0 aliphatic heterocycles. The number of carboxylic acid groups (broad SMARTS) is 1. The van der Waals surface area contributed by atoms with Crippen LogP contribution in [0.25, 0.3) is 0 Å². The number of hydrogen-bond acceptors (Lipinski definition) is 3. The minimum Gasteiger partial charge on any atom is -0.480 e. The predicted octanol–water partition coefficient (Wildman–Crippen LogP) is 0.618. The van der Waals surface area contributed by atoms with Crippen LogP contribution in [-0.2, 0) is 9.53 Å². The highest BCUT2D eigenvalue weighted by molar-refractivity contribution is 5.73. The average molecular weight is 187 g/mol. The Morgan fingerprint density at radius 2 is 2.23 bits per heavy atom. The molecule has 2 N–H and O–H groups in total. The van der Waals surface area contributed by atoms with Gasteiger partial charge in [-0.25, -0.2) is 0 Å². The molecule has 4 heteroatoms. The van der Waals surface area contributed by atoms with Crippen molar-refractivity contribution < 1.29 is 14.6 Å². The molecule has 0 radical (unpaired) electrons. The first kappa shape index (κ1) is 10.5. The Morgan fingerprint density at radius 3 is 2.69 bits per heavy atom. The fraction of sp³-hybridized carbons (Fsp3) is 0.889. The summed E-state index contributed by atoms with van der Waals surface area (Å²) in [5.74, 6) is -0.847. The first-order valence-corrected chi connectivity index (χ1v) is 4.75. The van der Waals surface area contributed by atoms with Crippen LogP contribution in [0.5, 0.6) is 0 Å². The van der Waals surface area contributed by atoms with Crippen molar-refractivity contribution in [3.63, 3.8) is 0 Å². The fourth-order valence-electron chi connectivity index (χ4n) is 1.57. The number of carboxylic acids is 1. The largest absolute Gasteiger partial charge is 0.480 e. The van der Waals surface area contributed by atoms with Crippen molar-refractivity contribution in [3.8, 4) is 0 Å². The number of aliphatic carboxylic acids is 1. The Morgan fingerprint density at radius 1 is 1.62 bits per heavy atom. The lowest BCUT2D eigenvalue weighted by molar-refractivity contribution is -0.141. The zero-order chi connectivity index (χ0) is 9.68. The monoisotopic (exact) mass is 187 g/mol. The summed E-state index contributed by atoms with van der Waals surface area (Å²) >= 11 is 0. The molecule has 1 unspecified atom stereocenters. The van der Waals surface area contributed by atoms with Crippen molar-refractivity contribution in [2.24, 2.45) is 0 Å². The van der Waals surface area contributed by atoms with Crippen molar-refractivity contribution >= 4 is 5.97 Å². The summed E-state index contributed by atoms with van der Waals surface area (Å²) in [6.07, 6.45) is 4.87. The molecule has 1 aliphatic rings. The second-order valence-corrected chi connectivity index (χ2v) is 3.42. The molecule has 0 amide bonds. The van der Waals surface area contributed by atoms with Gasteiger partial charge in [-0.3, -0.25) is 4.79 Å². The second-order valence-electron chi connectivity index (χ2n) is 3.42. The Bertz CT molecular complexity index is 166. The summed E-state index contributed by atoms with van der Waals surface area (Å²) in [7, 11) is 1.64. The molecule has 4 nitrogen and oxygen atoms in total. The first-order valence-electron chi connectivity index (χ1n) is 4.75. The smallest absolute Gasteiger partial charge is 0.323 e. The van der Waals surface area contributed by atoms with Crippen molar-refractivity contribution in [2.45, 2.75) is 37.8 Å². The van der Waals surface area contributed by atoms with Crippen LogP contribution in [-0.4, -0.2) is 36.9 Å². The van der Waals surface area contributed by atoms with Crippen LogP contribution in [0.15, 0.2) is 0 Å². The Balaban J connectivity index is 2.18. The number of ether oxygens (including phenoxy) is 1. The van der Waals surface area contributed by atoms with E-state index >= 15 is 0 Å². The van der Waals surface area contributed by atoms with E-state index in [2.05, 4.69) is 5.32 Å². The average Bonchev–Trinajstić information content (AvgIpc) is 2.57. The lowest BCUT2D eigenvalue weighted by Crippen LogP contribution is -2.39. The Hall–Kier alpha value is -0.610. The summed E-state index contributed by atoms with van der Waals surface area (Å²) in [5, 5.41) is 11.4. The Labute approximate surface area is 78.3 Å². The summed E-state index contributed by atoms with van der Waals surface area (Å²) < 4.78 is 5.47. The highest BCUT2D eigenvalue weighted by Gasteiger charge is 2.20. The summed E-state index contributed by atoms with van der Waals surface area (Å²) in [6.45, 7) is 0.274. The SMILES string of the molecule is CNC(COC1CCCC1)C(=O)O. The summed E-state index contributed by atoms with van der Waals surface area (Å²) in [5.41, 5.74) is 0. The maximum atomic E-state index is 10.6. The van der Waals surface area contributed by atoms with Gasteiger partial charge in [-0.2, -0.15) is 0 Å². The van der Waals surface area contributed by atoms with E-state index in [4.69, 9.17) is 9.84 Å². The molecule has 13 heavy (non-hydrogen) atoms. The topological polar surface area (TPSA) is 58.6 Å². The second kappa shape index (κ2) is 5.19. The lowest BCUT2D eigenvalue weighted by atomic mass is 10.3. The third kappa shape index (κ3) is 3.32. The third-order valence-corrected chi connectivity index (χ3v) is 2.45. The normalized spacial score (nSPS) is 20.4. The van der Waals surface area contributed by atoms with Gasteiger partial charge in [0, 0.05) is 0 Å². The maximum Gasteiger partial charge on any atom is 0.323 e. The number of nitrogens with one attached hydrogen (secondary N) is 1. The van der Waals surface area contributed by atoms with Gasteiger partial charge in [0.1, 0.15) is 6.04 Å². The highest BCUT2D eigenvalue weighted by Crippen LogP contribution is 2.20. The zero-order valence-corrected chi connectivity index (χ0v) is 7.95. The van der Waals surface area contributed by atoms with E-state index < -0.39 is 12.0 Å². The van der Waals surface area contributed by atoms with Gasteiger partial charge in [-0.05, 0) is 19.9 Å². The van der Waals surface area contributed by atoms with Gasteiger partial charge in [0.25, 0.3) is 0 Å². The van der Waals surface area contributed by atoms with Gasteiger partial charge in [0.2, 0.25) is 0 Å². The van der Waals surface area contributed by atoms with Gasteiger partial charge >= 0.3 is 5.97 Å². The molecule has 0 aromatic heterocycles. The first-order chi connectivity index (χ1) is 6.24. The van der Waals surface area contributed by atoms with Gasteiger partial charge < -0.3 is 15.2 Å². The predicted molar refractivity (Wildman–Crippen MR) is 48.7 cm³/mol. The minimum atomic E-state index is -0.847. The van der Waals surface area contributed by atoms with Gasteiger partial charge in [0.15, 0.2) is 0 Å². The third-order valence-electron chi connectivity index (χ3n) is 2.45. The van der Waals surface area contributed by atoms with Crippen molar-refractivity contribution in [2.75, 3.05) is 13.7 Å². The van der Waals surface area contributed by atoms with E-state index in [0.717, 1.165) is 12.8 Å². The molecule has 0 saturated heterocycles. The van der Waals surface area contributed by atoms with E-state index in [-0.39, 0.29) is 12.7 Å². The molecule has 1 rings (SSSR count).